The van der Waals surface area contributed by atoms with Gasteiger partial charge in [-0.15, -0.1) is 0 Å². The van der Waals surface area contributed by atoms with Crippen LogP contribution in [0.25, 0.3) is 0 Å². The van der Waals surface area contributed by atoms with Gasteiger partial charge in [-0.3, -0.25) is 14.9 Å². The molecule has 0 spiro atoms. The zero-order chi connectivity index (χ0) is 19.9. The Kier molecular flexibility index (Phi) is 5.86. The van der Waals surface area contributed by atoms with Crippen molar-refractivity contribution in [1.82, 2.24) is 0 Å². The third-order valence-electron chi connectivity index (χ3n) is 3.92. The maximum atomic E-state index is 12.4. The van der Waals surface area contributed by atoms with Crippen LogP contribution in [0.4, 0.5) is 22.7 Å². The highest BCUT2D eigenvalue weighted by molar-refractivity contribution is 6.04. The lowest BCUT2D eigenvalue weighted by atomic mass is 10.1. The van der Waals surface area contributed by atoms with Gasteiger partial charge in [-0.25, -0.2) is 0 Å². The van der Waals surface area contributed by atoms with Gasteiger partial charge in [0.2, 0.25) is 0 Å². The third kappa shape index (κ3) is 4.64. The number of carbonyl (C=O) groups excluding carboxylic acids is 1. The fourth-order valence-corrected chi connectivity index (χ4v) is 2.61. The molecule has 7 heteroatoms. The molecule has 142 valence electrons. The van der Waals surface area contributed by atoms with Crippen LogP contribution in [-0.2, 0) is 0 Å². The van der Waals surface area contributed by atoms with E-state index in [2.05, 4.69) is 10.6 Å². The molecule has 28 heavy (non-hydrogen) atoms. The number of hydrogen-bond donors (Lipinski definition) is 2. The second-order valence-corrected chi connectivity index (χ2v) is 5.90. The molecule has 0 heterocycles. The number of anilines is 3. The summed E-state index contributed by atoms with van der Waals surface area (Å²) in [6.45, 7) is 2.04. The average Bonchev–Trinajstić information content (AvgIpc) is 2.70. The molecule has 0 fully saturated rings. The number of amides is 1. The largest absolute Gasteiger partial charge is 0.487 e. The number of nitrogens with zero attached hydrogens (tertiary/aromatic N) is 1. The monoisotopic (exact) mass is 377 g/mol. The number of para-hydroxylation sites is 1. The van der Waals surface area contributed by atoms with Crippen LogP contribution in [0, 0.1) is 10.1 Å². The molecular weight excluding hydrogens is 358 g/mol. The maximum Gasteiger partial charge on any atom is 0.311 e. The Labute approximate surface area is 162 Å². The Morgan fingerprint density at radius 2 is 1.61 bits per heavy atom. The van der Waals surface area contributed by atoms with Crippen molar-refractivity contribution in [3.63, 3.8) is 0 Å². The van der Waals surface area contributed by atoms with E-state index in [1.54, 1.807) is 19.1 Å². The van der Waals surface area contributed by atoms with Crippen LogP contribution in [0.15, 0.2) is 72.8 Å². The molecule has 7 nitrogen and oxygen atoms in total. The molecule has 0 aromatic heterocycles. The first-order chi connectivity index (χ1) is 13.6. The van der Waals surface area contributed by atoms with Crippen molar-refractivity contribution in [2.45, 2.75) is 6.92 Å². The number of carbonyl (C=O) groups is 1. The van der Waals surface area contributed by atoms with E-state index < -0.39 is 10.8 Å². The molecule has 0 saturated carbocycles. The summed E-state index contributed by atoms with van der Waals surface area (Å²) in [5.41, 5.74) is 2.36. The molecular formula is C21H19N3O4. The van der Waals surface area contributed by atoms with E-state index >= 15 is 0 Å². The lowest BCUT2D eigenvalue weighted by Crippen LogP contribution is -2.12. The standard InChI is InChI=1S/C21H19N3O4/c1-2-28-20-13-8-15(14-19(20)24(26)27)21(25)23-18-11-9-17(10-12-18)22-16-6-4-3-5-7-16/h3-14,22H,2H2,1H3,(H,23,25). The van der Waals surface area contributed by atoms with Crippen molar-refractivity contribution >= 4 is 28.7 Å². The van der Waals surface area contributed by atoms with Crippen LogP contribution in [0.2, 0.25) is 0 Å². The van der Waals surface area contributed by atoms with Crippen molar-refractivity contribution in [3.05, 3.63) is 88.5 Å². The fourth-order valence-electron chi connectivity index (χ4n) is 2.61. The van der Waals surface area contributed by atoms with Gasteiger partial charge in [-0.05, 0) is 55.5 Å². The number of nitro benzene ring substituents is 1. The SMILES string of the molecule is CCOc1ccc(C(=O)Nc2ccc(Nc3ccccc3)cc2)cc1[N+](=O)[O-]. The van der Waals surface area contributed by atoms with Gasteiger partial charge >= 0.3 is 5.69 Å². The van der Waals surface area contributed by atoms with Gasteiger partial charge in [-0.1, -0.05) is 18.2 Å². The van der Waals surface area contributed by atoms with Gasteiger partial charge in [0.15, 0.2) is 5.75 Å². The second-order valence-electron chi connectivity index (χ2n) is 5.90. The number of hydrogen-bond acceptors (Lipinski definition) is 5. The van der Waals surface area contributed by atoms with E-state index in [1.807, 2.05) is 42.5 Å². The maximum absolute atomic E-state index is 12.4. The molecule has 0 bridgehead atoms. The van der Waals surface area contributed by atoms with Crippen molar-refractivity contribution < 1.29 is 14.5 Å². The van der Waals surface area contributed by atoms with E-state index in [4.69, 9.17) is 4.74 Å². The summed E-state index contributed by atoms with van der Waals surface area (Å²) in [4.78, 5) is 23.1. The summed E-state index contributed by atoms with van der Waals surface area (Å²) in [5.74, 6) is -0.296. The van der Waals surface area contributed by atoms with Crippen molar-refractivity contribution in [3.8, 4) is 5.75 Å². The van der Waals surface area contributed by atoms with E-state index in [0.29, 0.717) is 12.3 Å². The number of rotatable bonds is 7. The number of ether oxygens (including phenoxy) is 1. The summed E-state index contributed by atoms with van der Waals surface area (Å²) in [7, 11) is 0. The molecule has 0 saturated heterocycles. The van der Waals surface area contributed by atoms with Crippen LogP contribution in [0.1, 0.15) is 17.3 Å². The summed E-state index contributed by atoms with van der Waals surface area (Å²) in [6.07, 6.45) is 0. The minimum Gasteiger partial charge on any atom is -0.487 e. The van der Waals surface area contributed by atoms with Gasteiger partial charge in [0.25, 0.3) is 5.91 Å². The predicted octanol–water partition coefficient (Wildman–Crippen LogP) is 4.99. The molecule has 0 aliphatic heterocycles. The van der Waals surface area contributed by atoms with E-state index in [0.717, 1.165) is 11.4 Å². The molecule has 0 unspecified atom stereocenters. The highest BCUT2D eigenvalue weighted by atomic mass is 16.6. The van der Waals surface area contributed by atoms with Crippen LogP contribution in [0.3, 0.4) is 0 Å². The number of nitrogens with one attached hydrogen (secondary N) is 2. The molecule has 0 radical (unpaired) electrons. The highest BCUT2D eigenvalue weighted by Crippen LogP contribution is 2.28. The minimum absolute atomic E-state index is 0.139. The van der Waals surface area contributed by atoms with E-state index in [1.165, 1.54) is 18.2 Å². The van der Waals surface area contributed by atoms with Crippen LogP contribution in [0.5, 0.6) is 5.75 Å². The molecule has 0 aliphatic rings. The number of benzene rings is 3. The van der Waals surface area contributed by atoms with Crippen molar-refractivity contribution in [2.24, 2.45) is 0 Å². The predicted molar refractivity (Wildman–Crippen MR) is 108 cm³/mol. The minimum atomic E-state index is -0.564. The van der Waals surface area contributed by atoms with Crippen LogP contribution < -0.4 is 15.4 Å². The molecule has 0 atom stereocenters. The van der Waals surface area contributed by atoms with E-state index in [9.17, 15) is 14.9 Å². The summed E-state index contributed by atoms with van der Waals surface area (Å²) in [6, 6.07) is 21.1. The summed E-state index contributed by atoms with van der Waals surface area (Å²) < 4.78 is 5.23. The first-order valence-corrected chi connectivity index (χ1v) is 8.71. The molecule has 3 rings (SSSR count). The lowest BCUT2D eigenvalue weighted by molar-refractivity contribution is -0.385. The van der Waals surface area contributed by atoms with Crippen LogP contribution >= 0.6 is 0 Å². The van der Waals surface area contributed by atoms with Crippen molar-refractivity contribution in [1.29, 1.82) is 0 Å². The topological polar surface area (TPSA) is 93.5 Å². The molecule has 0 aliphatic carbocycles. The zero-order valence-electron chi connectivity index (χ0n) is 15.2. The van der Waals surface area contributed by atoms with E-state index in [-0.39, 0.29) is 17.0 Å². The quantitative estimate of drug-likeness (QED) is 0.447. The van der Waals surface area contributed by atoms with Gasteiger partial charge in [0, 0.05) is 28.7 Å². The second kappa shape index (κ2) is 8.68. The van der Waals surface area contributed by atoms with Crippen molar-refractivity contribution in [2.75, 3.05) is 17.2 Å². The Morgan fingerprint density at radius 3 is 2.25 bits per heavy atom. The Hall–Kier alpha value is -3.87. The van der Waals surface area contributed by atoms with Gasteiger partial charge in [-0.2, -0.15) is 0 Å². The van der Waals surface area contributed by atoms with Gasteiger partial charge in [0.05, 0.1) is 11.5 Å². The third-order valence-corrected chi connectivity index (χ3v) is 3.92. The Balaban J connectivity index is 1.70. The van der Waals surface area contributed by atoms with Crippen LogP contribution in [-0.4, -0.2) is 17.4 Å². The molecule has 3 aromatic rings. The Morgan fingerprint density at radius 1 is 0.964 bits per heavy atom. The molecule has 1 amide bonds. The smallest absolute Gasteiger partial charge is 0.311 e. The normalized spacial score (nSPS) is 10.2. The van der Waals surface area contributed by atoms with Gasteiger partial charge in [0.1, 0.15) is 0 Å². The summed E-state index contributed by atoms with van der Waals surface area (Å²) >= 11 is 0. The van der Waals surface area contributed by atoms with Gasteiger partial charge < -0.3 is 15.4 Å². The average molecular weight is 377 g/mol. The fraction of sp³-hybridized carbons (Fsp3) is 0.0952. The molecule has 2 N–H and O–H groups in total. The first kappa shape index (κ1) is 18.9. The first-order valence-electron chi connectivity index (χ1n) is 8.71. The number of nitro groups is 1. The highest BCUT2D eigenvalue weighted by Gasteiger charge is 2.18. The lowest BCUT2D eigenvalue weighted by Gasteiger charge is -2.09. The molecule has 3 aromatic carbocycles. The summed E-state index contributed by atoms with van der Waals surface area (Å²) in [5, 5.41) is 17.2. The Bertz CT molecular complexity index is 973. The zero-order valence-corrected chi connectivity index (χ0v) is 15.2.